The van der Waals surface area contributed by atoms with Crippen molar-refractivity contribution in [1.82, 2.24) is 10.6 Å². The molecule has 1 unspecified atom stereocenters. The molecular weight excluding hydrogens is 232 g/mol. The molecule has 4 N–H and O–H groups in total. The molecule has 1 fully saturated rings. The number of hydrogen-bond donors (Lipinski definition) is 4. The Morgan fingerprint density at radius 1 is 1.39 bits per heavy atom. The summed E-state index contributed by atoms with van der Waals surface area (Å²) < 4.78 is 0. The second-order valence-corrected chi connectivity index (χ2v) is 4.71. The highest BCUT2D eigenvalue weighted by molar-refractivity contribution is 5.81. The molecule has 1 amide bonds. The summed E-state index contributed by atoms with van der Waals surface area (Å²) in [7, 11) is 0. The summed E-state index contributed by atoms with van der Waals surface area (Å²) in [6.45, 7) is 2.27. The number of carbonyl (C=O) groups excluding carboxylic acids is 1. The van der Waals surface area contributed by atoms with Crippen LogP contribution >= 0.6 is 0 Å². The number of hydrogen-bond acceptors (Lipinski definition) is 4. The molecule has 1 aliphatic rings. The van der Waals surface area contributed by atoms with Crippen LogP contribution in [0, 0.1) is 0 Å². The van der Waals surface area contributed by atoms with E-state index in [0.29, 0.717) is 12.6 Å². The van der Waals surface area contributed by atoms with Gasteiger partial charge in [-0.05, 0) is 37.5 Å². The van der Waals surface area contributed by atoms with Gasteiger partial charge in [-0.25, -0.2) is 0 Å². The summed E-state index contributed by atoms with van der Waals surface area (Å²) in [6, 6.07) is 4.70. The van der Waals surface area contributed by atoms with Gasteiger partial charge in [0.05, 0.1) is 6.04 Å². The summed E-state index contributed by atoms with van der Waals surface area (Å²) in [6.07, 6.45) is 2.15. The van der Waals surface area contributed by atoms with Crippen molar-refractivity contribution in [2.45, 2.75) is 38.4 Å². The Bertz CT molecular complexity index is 444. The molecular formula is C13H18N2O3. The first-order chi connectivity index (χ1) is 8.56. The predicted octanol–water partition coefficient (Wildman–Crippen LogP) is 0.855. The van der Waals surface area contributed by atoms with Gasteiger partial charge < -0.3 is 20.8 Å². The van der Waals surface area contributed by atoms with Crippen molar-refractivity contribution >= 4 is 5.91 Å². The molecule has 1 saturated carbocycles. The zero-order valence-corrected chi connectivity index (χ0v) is 10.3. The van der Waals surface area contributed by atoms with Crippen LogP contribution in [0.3, 0.4) is 0 Å². The molecule has 0 bridgehead atoms. The minimum absolute atomic E-state index is 0.000463. The molecule has 0 radical (unpaired) electrons. The van der Waals surface area contributed by atoms with Gasteiger partial charge in [-0.3, -0.25) is 4.79 Å². The first kappa shape index (κ1) is 12.7. The largest absolute Gasteiger partial charge is 0.504 e. The van der Waals surface area contributed by atoms with Gasteiger partial charge >= 0.3 is 0 Å². The average molecular weight is 250 g/mol. The van der Waals surface area contributed by atoms with E-state index in [4.69, 9.17) is 0 Å². The third-order valence-electron chi connectivity index (χ3n) is 2.97. The quantitative estimate of drug-likeness (QED) is 0.584. The van der Waals surface area contributed by atoms with Crippen LogP contribution in [0.25, 0.3) is 0 Å². The minimum Gasteiger partial charge on any atom is -0.504 e. The first-order valence-electron chi connectivity index (χ1n) is 6.11. The topological polar surface area (TPSA) is 81.6 Å². The van der Waals surface area contributed by atoms with Gasteiger partial charge in [-0.15, -0.1) is 0 Å². The molecule has 1 atom stereocenters. The monoisotopic (exact) mass is 250 g/mol. The van der Waals surface area contributed by atoms with Crippen molar-refractivity contribution in [3.8, 4) is 11.5 Å². The fourth-order valence-electron chi connectivity index (χ4n) is 1.60. The number of carbonyl (C=O) groups is 1. The SMILES string of the molecule is CC(NCc1ccc(O)c(O)c1)C(=O)NC1CC1. The first-order valence-corrected chi connectivity index (χ1v) is 6.11. The summed E-state index contributed by atoms with van der Waals surface area (Å²) in [5.74, 6) is -0.289. The molecule has 1 aromatic carbocycles. The Morgan fingerprint density at radius 2 is 2.11 bits per heavy atom. The number of aromatic hydroxyl groups is 2. The average Bonchev–Trinajstić information content (AvgIpc) is 3.14. The lowest BCUT2D eigenvalue weighted by Crippen LogP contribution is -2.42. The van der Waals surface area contributed by atoms with Crippen molar-refractivity contribution in [1.29, 1.82) is 0 Å². The van der Waals surface area contributed by atoms with Crippen molar-refractivity contribution in [3.05, 3.63) is 23.8 Å². The third kappa shape index (κ3) is 3.37. The third-order valence-corrected chi connectivity index (χ3v) is 2.97. The Balaban J connectivity index is 1.82. The van der Waals surface area contributed by atoms with Crippen LogP contribution in [-0.2, 0) is 11.3 Å². The Labute approximate surface area is 106 Å². The fourth-order valence-corrected chi connectivity index (χ4v) is 1.60. The van der Waals surface area contributed by atoms with Gasteiger partial charge in [0, 0.05) is 12.6 Å². The fraction of sp³-hybridized carbons (Fsp3) is 0.462. The van der Waals surface area contributed by atoms with Crippen LogP contribution in [0.1, 0.15) is 25.3 Å². The molecule has 0 spiro atoms. The van der Waals surface area contributed by atoms with Gasteiger partial charge in [-0.1, -0.05) is 6.07 Å². The van der Waals surface area contributed by atoms with Gasteiger partial charge in [0.25, 0.3) is 0 Å². The second-order valence-electron chi connectivity index (χ2n) is 4.71. The van der Waals surface area contributed by atoms with Gasteiger partial charge in [0.1, 0.15) is 0 Å². The molecule has 0 heterocycles. The predicted molar refractivity (Wildman–Crippen MR) is 67.2 cm³/mol. The van der Waals surface area contributed by atoms with E-state index in [-0.39, 0.29) is 23.4 Å². The maximum Gasteiger partial charge on any atom is 0.237 e. The molecule has 0 aromatic heterocycles. The highest BCUT2D eigenvalue weighted by atomic mass is 16.3. The van der Waals surface area contributed by atoms with Crippen molar-refractivity contribution in [2.24, 2.45) is 0 Å². The highest BCUT2D eigenvalue weighted by Crippen LogP contribution is 2.24. The minimum atomic E-state index is -0.276. The van der Waals surface area contributed by atoms with Gasteiger partial charge in [0.2, 0.25) is 5.91 Å². The standard InChI is InChI=1S/C13H18N2O3/c1-8(13(18)15-10-3-4-10)14-7-9-2-5-11(16)12(17)6-9/h2,5-6,8,10,14,16-17H,3-4,7H2,1H3,(H,15,18). The number of phenols is 2. The second kappa shape index (κ2) is 5.27. The maximum absolute atomic E-state index is 11.7. The van der Waals surface area contributed by atoms with E-state index in [1.54, 1.807) is 13.0 Å². The zero-order valence-electron chi connectivity index (χ0n) is 10.3. The summed E-state index contributed by atoms with van der Waals surface area (Å²) in [4.78, 5) is 11.7. The van der Waals surface area contributed by atoms with Crippen LogP contribution in [0.2, 0.25) is 0 Å². The van der Waals surface area contributed by atoms with E-state index in [1.807, 2.05) is 0 Å². The Morgan fingerprint density at radius 3 is 2.72 bits per heavy atom. The van der Waals surface area contributed by atoms with Crippen LogP contribution in [-0.4, -0.2) is 28.2 Å². The van der Waals surface area contributed by atoms with Crippen molar-refractivity contribution in [3.63, 3.8) is 0 Å². The number of benzene rings is 1. The molecule has 18 heavy (non-hydrogen) atoms. The molecule has 0 aliphatic heterocycles. The van der Waals surface area contributed by atoms with E-state index in [1.165, 1.54) is 12.1 Å². The number of amides is 1. The Kier molecular flexibility index (Phi) is 3.72. The van der Waals surface area contributed by atoms with E-state index >= 15 is 0 Å². The summed E-state index contributed by atoms with van der Waals surface area (Å²) in [5.41, 5.74) is 0.816. The van der Waals surface area contributed by atoms with E-state index in [0.717, 1.165) is 18.4 Å². The van der Waals surface area contributed by atoms with Crippen LogP contribution in [0.4, 0.5) is 0 Å². The number of phenolic OH excluding ortho intramolecular Hbond substituents is 2. The molecule has 0 saturated heterocycles. The maximum atomic E-state index is 11.7. The van der Waals surface area contributed by atoms with Gasteiger partial charge in [-0.2, -0.15) is 0 Å². The highest BCUT2D eigenvalue weighted by Gasteiger charge is 2.25. The molecule has 1 aliphatic carbocycles. The van der Waals surface area contributed by atoms with Crippen molar-refractivity contribution in [2.75, 3.05) is 0 Å². The molecule has 5 nitrogen and oxygen atoms in total. The van der Waals surface area contributed by atoms with Gasteiger partial charge in [0.15, 0.2) is 11.5 Å². The van der Waals surface area contributed by atoms with E-state index in [9.17, 15) is 15.0 Å². The summed E-state index contributed by atoms with van der Waals surface area (Å²) in [5, 5.41) is 24.5. The Hall–Kier alpha value is -1.75. The normalized spacial score (nSPS) is 16.3. The molecule has 2 rings (SSSR count). The number of nitrogens with one attached hydrogen (secondary N) is 2. The lowest BCUT2D eigenvalue weighted by Gasteiger charge is -2.14. The lowest BCUT2D eigenvalue weighted by atomic mass is 10.2. The van der Waals surface area contributed by atoms with Crippen LogP contribution in [0.5, 0.6) is 11.5 Å². The van der Waals surface area contributed by atoms with Crippen molar-refractivity contribution < 1.29 is 15.0 Å². The summed E-state index contributed by atoms with van der Waals surface area (Å²) >= 11 is 0. The van der Waals surface area contributed by atoms with E-state index < -0.39 is 0 Å². The number of rotatable bonds is 5. The molecule has 1 aromatic rings. The van der Waals surface area contributed by atoms with E-state index in [2.05, 4.69) is 10.6 Å². The zero-order chi connectivity index (χ0) is 13.1. The lowest BCUT2D eigenvalue weighted by molar-refractivity contribution is -0.122. The molecule has 5 heteroatoms. The smallest absolute Gasteiger partial charge is 0.237 e. The van der Waals surface area contributed by atoms with Crippen LogP contribution < -0.4 is 10.6 Å². The van der Waals surface area contributed by atoms with Crippen LogP contribution in [0.15, 0.2) is 18.2 Å². The molecule has 98 valence electrons.